The Kier molecular flexibility index (Phi) is 9.03. The summed E-state index contributed by atoms with van der Waals surface area (Å²) in [6.07, 6.45) is -1.15. The van der Waals surface area contributed by atoms with Crippen molar-refractivity contribution < 1.29 is 28.3 Å². The Bertz CT molecular complexity index is 217. The minimum atomic E-state index is -3.30. The quantitative estimate of drug-likeness (QED) is 0.381. The van der Waals surface area contributed by atoms with Crippen LogP contribution in [0.15, 0.2) is 0 Å². The standard InChI is InChI=1S/C5H9O6P.Na.H/c1-3(10-4(2)6)5(7)11-12(8)9;;/h3,12H,1-2H3,(H,8,9);;/t3-;;/m0../s1. The van der Waals surface area contributed by atoms with Crippen molar-refractivity contribution in [1.82, 2.24) is 0 Å². The van der Waals surface area contributed by atoms with Gasteiger partial charge in [-0.25, -0.2) is 9.36 Å². The summed E-state index contributed by atoms with van der Waals surface area (Å²) in [4.78, 5) is 29.1. The Hall–Kier alpha value is 0.130. The van der Waals surface area contributed by atoms with Crippen LogP contribution in [0.25, 0.3) is 0 Å². The molecule has 0 rings (SSSR count). The van der Waals surface area contributed by atoms with Gasteiger partial charge >= 0.3 is 49.8 Å². The number of rotatable bonds is 3. The van der Waals surface area contributed by atoms with Crippen LogP contribution in [0.2, 0.25) is 0 Å². The summed E-state index contributed by atoms with van der Waals surface area (Å²) in [6, 6.07) is 0. The monoisotopic (exact) mass is 220 g/mol. The third-order valence-electron chi connectivity index (χ3n) is 0.863. The molecule has 0 aliphatic carbocycles. The molecule has 0 spiro atoms. The van der Waals surface area contributed by atoms with Gasteiger partial charge in [-0.3, -0.25) is 4.79 Å². The van der Waals surface area contributed by atoms with E-state index in [9.17, 15) is 14.2 Å². The van der Waals surface area contributed by atoms with Crippen LogP contribution in [0.1, 0.15) is 13.8 Å². The van der Waals surface area contributed by atoms with Gasteiger partial charge in [0.1, 0.15) is 0 Å². The number of hydrogen-bond donors (Lipinski definition) is 1. The second kappa shape index (κ2) is 7.53. The number of ether oxygens (including phenoxy) is 1. The number of carbonyl (C=O) groups excluding carboxylic acids is 2. The van der Waals surface area contributed by atoms with E-state index in [1.54, 1.807) is 0 Å². The van der Waals surface area contributed by atoms with E-state index in [2.05, 4.69) is 9.26 Å². The van der Waals surface area contributed by atoms with Gasteiger partial charge < -0.3 is 14.2 Å². The van der Waals surface area contributed by atoms with E-state index in [0.29, 0.717) is 0 Å². The first kappa shape index (κ1) is 15.6. The molecule has 1 unspecified atom stereocenters. The summed E-state index contributed by atoms with van der Waals surface area (Å²) < 4.78 is 18.3. The van der Waals surface area contributed by atoms with E-state index in [1.807, 2.05) is 0 Å². The summed E-state index contributed by atoms with van der Waals surface area (Å²) in [6.45, 7) is 2.36. The van der Waals surface area contributed by atoms with Crippen LogP contribution in [0, 0.1) is 0 Å². The summed E-state index contributed by atoms with van der Waals surface area (Å²) in [5.41, 5.74) is 0. The number of hydrogen-bond acceptors (Lipinski definition) is 5. The maximum absolute atomic E-state index is 10.7. The molecular weight excluding hydrogens is 210 g/mol. The van der Waals surface area contributed by atoms with Crippen molar-refractivity contribution in [3.05, 3.63) is 0 Å². The first-order valence-electron chi connectivity index (χ1n) is 3.05. The van der Waals surface area contributed by atoms with Crippen LogP contribution < -0.4 is 0 Å². The van der Waals surface area contributed by atoms with Gasteiger partial charge in [-0.15, -0.1) is 0 Å². The molecule has 0 aromatic carbocycles. The second-order valence-corrected chi connectivity index (χ2v) is 2.67. The number of esters is 1. The van der Waals surface area contributed by atoms with Crippen molar-refractivity contribution in [3.8, 4) is 0 Å². The van der Waals surface area contributed by atoms with Gasteiger partial charge in [-0.2, -0.15) is 0 Å². The molecule has 1 N–H and O–H groups in total. The van der Waals surface area contributed by atoms with Crippen molar-refractivity contribution in [3.63, 3.8) is 0 Å². The van der Waals surface area contributed by atoms with E-state index in [-0.39, 0.29) is 29.6 Å². The third kappa shape index (κ3) is 8.46. The van der Waals surface area contributed by atoms with E-state index in [0.717, 1.165) is 6.92 Å². The van der Waals surface area contributed by atoms with E-state index >= 15 is 0 Å². The summed E-state index contributed by atoms with van der Waals surface area (Å²) in [7, 11) is -3.30. The normalized spacial score (nSPS) is 13.5. The van der Waals surface area contributed by atoms with Crippen LogP contribution in [0.4, 0.5) is 0 Å². The number of carbonyl (C=O) groups is 2. The van der Waals surface area contributed by atoms with Crippen LogP contribution >= 0.6 is 8.25 Å². The van der Waals surface area contributed by atoms with Crippen molar-refractivity contribution in [2.75, 3.05) is 0 Å². The van der Waals surface area contributed by atoms with E-state index < -0.39 is 26.3 Å². The Balaban J connectivity index is 0. The Morgan fingerprint density at radius 2 is 1.92 bits per heavy atom. The average Bonchev–Trinajstić information content (AvgIpc) is 1.84. The first-order chi connectivity index (χ1) is 5.43. The predicted octanol–water partition coefficient (Wildman–Crippen LogP) is -0.785. The third-order valence-corrected chi connectivity index (χ3v) is 1.24. The molecular formula is C5H10NaO6P. The molecule has 2 atom stereocenters. The van der Waals surface area contributed by atoms with Gasteiger partial charge in [0, 0.05) is 6.92 Å². The molecule has 6 nitrogen and oxygen atoms in total. The Morgan fingerprint density at radius 3 is 2.23 bits per heavy atom. The second-order valence-electron chi connectivity index (χ2n) is 1.94. The van der Waals surface area contributed by atoms with Crippen molar-refractivity contribution in [2.24, 2.45) is 0 Å². The molecule has 13 heavy (non-hydrogen) atoms. The van der Waals surface area contributed by atoms with Gasteiger partial charge in [0.2, 0.25) is 0 Å². The Labute approximate surface area is 97.8 Å². The van der Waals surface area contributed by atoms with E-state index in [4.69, 9.17) is 4.89 Å². The molecule has 0 amide bonds. The molecule has 0 fully saturated rings. The van der Waals surface area contributed by atoms with E-state index in [1.165, 1.54) is 6.92 Å². The molecule has 0 heterocycles. The molecule has 0 saturated carbocycles. The van der Waals surface area contributed by atoms with Crippen LogP contribution in [-0.2, 0) is 23.4 Å². The molecule has 0 aliphatic heterocycles. The van der Waals surface area contributed by atoms with Crippen molar-refractivity contribution >= 4 is 49.8 Å². The molecule has 0 radical (unpaired) electrons. The fraction of sp³-hybridized carbons (Fsp3) is 0.600. The zero-order chi connectivity index (χ0) is 9.72. The molecule has 0 aromatic heterocycles. The van der Waals surface area contributed by atoms with Crippen LogP contribution in [-0.4, -0.2) is 52.5 Å². The summed E-state index contributed by atoms with van der Waals surface area (Å²) in [5, 5.41) is 0. The fourth-order valence-corrected chi connectivity index (χ4v) is 0.804. The van der Waals surface area contributed by atoms with Gasteiger partial charge in [0.25, 0.3) is 0 Å². The zero-order valence-corrected chi connectivity index (χ0v) is 7.57. The first-order valence-corrected chi connectivity index (χ1v) is 4.31. The van der Waals surface area contributed by atoms with Gasteiger partial charge in [-0.1, -0.05) is 0 Å². The minimum absolute atomic E-state index is 0. The summed E-state index contributed by atoms with van der Waals surface area (Å²) >= 11 is 0. The zero-order valence-electron chi connectivity index (χ0n) is 6.57. The van der Waals surface area contributed by atoms with Gasteiger partial charge in [-0.05, 0) is 6.92 Å². The molecule has 72 valence electrons. The SMILES string of the molecule is CC(=O)O[C@@H](C)C(=O)O[PH](=O)O.[NaH]. The van der Waals surface area contributed by atoms with Crippen LogP contribution in [0.5, 0.6) is 0 Å². The van der Waals surface area contributed by atoms with Crippen molar-refractivity contribution in [2.45, 2.75) is 20.0 Å². The summed E-state index contributed by atoms with van der Waals surface area (Å²) in [5.74, 6) is -1.69. The molecule has 0 aliphatic rings. The van der Waals surface area contributed by atoms with Crippen molar-refractivity contribution in [1.29, 1.82) is 0 Å². The van der Waals surface area contributed by atoms with Crippen LogP contribution in [0.3, 0.4) is 0 Å². The fourth-order valence-electron chi connectivity index (χ4n) is 0.466. The molecule has 8 heteroatoms. The van der Waals surface area contributed by atoms with Gasteiger partial charge in [0.05, 0.1) is 0 Å². The molecule has 0 aromatic rings. The topological polar surface area (TPSA) is 89.9 Å². The molecule has 0 saturated heterocycles. The maximum atomic E-state index is 10.7. The average molecular weight is 220 g/mol. The molecule has 0 bridgehead atoms. The van der Waals surface area contributed by atoms with Gasteiger partial charge in [0.15, 0.2) is 6.10 Å². The Morgan fingerprint density at radius 1 is 1.46 bits per heavy atom. The predicted molar refractivity (Wildman–Crippen MR) is 45.7 cm³/mol.